The lowest BCUT2D eigenvalue weighted by Gasteiger charge is -2.21. The zero-order chi connectivity index (χ0) is 8.10. The number of alkyl carbamates (subject to hydrolysis) is 1. The lowest BCUT2D eigenvalue weighted by Crippen LogP contribution is -2.36. The van der Waals surface area contributed by atoms with E-state index in [0.717, 1.165) is 0 Å². The van der Waals surface area contributed by atoms with Crippen LogP contribution in [0.1, 0.15) is 0 Å². The van der Waals surface area contributed by atoms with Crippen molar-refractivity contribution < 1.29 is 19.0 Å². The van der Waals surface area contributed by atoms with Crippen LogP contribution >= 0.6 is 0 Å². The second-order valence-corrected chi connectivity index (χ2v) is 2.14. The average molecular weight is 161 g/mol. The minimum absolute atomic E-state index is 0.274. The number of hydrogen-bond donors (Lipinski definition) is 1. The molecule has 1 aliphatic rings. The van der Waals surface area contributed by atoms with Crippen LogP contribution in [0.25, 0.3) is 0 Å². The third-order valence-corrected chi connectivity index (χ3v) is 1.25. The van der Waals surface area contributed by atoms with Crippen molar-refractivity contribution in [3.05, 3.63) is 0 Å². The molecule has 1 amide bonds. The van der Waals surface area contributed by atoms with Gasteiger partial charge >= 0.3 is 6.09 Å². The Balaban J connectivity index is 2.19. The van der Waals surface area contributed by atoms with E-state index in [4.69, 9.17) is 14.2 Å². The normalized spacial score (nSPS) is 19.4. The molecule has 1 aliphatic heterocycles. The summed E-state index contributed by atoms with van der Waals surface area (Å²) in [7, 11) is 1.51. The van der Waals surface area contributed by atoms with Crippen molar-refractivity contribution in [2.45, 2.75) is 6.10 Å². The molecule has 0 bridgehead atoms. The van der Waals surface area contributed by atoms with Gasteiger partial charge in [0.1, 0.15) is 6.79 Å². The first-order valence-electron chi connectivity index (χ1n) is 3.37. The lowest BCUT2D eigenvalue weighted by atomic mass is 10.4. The summed E-state index contributed by atoms with van der Waals surface area (Å²) in [5.41, 5.74) is 0. The molecule has 5 heteroatoms. The Labute approximate surface area is 64.6 Å². The van der Waals surface area contributed by atoms with Crippen LogP contribution in [0.3, 0.4) is 0 Å². The fourth-order valence-electron chi connectivity index (χ4n) is 0.744. The first-order valence-corrected chi connectivity index (χ1v) is 3.37. The van der Waals surface area contributed by atoms with Crippen LogP contribution < -0.4 is 5.32 Å². The predicted molar refractivity (Wildman–Crippen MR) is 36.1 cm³/mol. The minimum atomic E-state index is -0.455. The number of carbonyl (C=O) groups is 1. The molecule has 5 nitrogen and oxygen atoms in total. The Morgan fingerprint density at radius 3 is 2.73 bits per heavy atom. The molecule has 0 spiro atoms. The van der Waals surface area contributed by atoms with Crippen LogP contribution in [0.4, 0.5) is 4.79 Å². The molecule has 0 unspecified atom stereocenters. The van der Waals surface area contributed by atoms with Crippen molar-refractivity contribution in [1.82, 2.24) is 5.32 Å². The summed E-state index contributed by atoms with van der Waals surface area (Å²) in [6.45, 7) is 1.11. The highest BCUT2D eigenvalue weighted by Crippen LogP contribution is 2.01. The van der Waals surface area contributed by atoms with Gasteiger partial charge in [-0.2, -0.15) is 0 Å². The summed E-state index contributed by atoms with van der Waals surface area (Å²) < 4.78 is 14.6. The van der Waals surface area contributed by atoms with E-state index in [1.54, 1.807) is 0 Å². The van der Waals surface area contributed by atoms with E-state index in [1.165, 1.54) is 7.05 Å². The first-order chi connectivity index (χ1) is 5.33. The molecule has 0 radical (unpaired) electrons. The maximum absolute atomic E-state index is 10.6. The van der Waals surface area contributed by atoms with Crippen molar-refractivity contribution in [2.24, 2.45) is 0 Å². The summed E-state index contributed by atoms with van der Waals surface area (Å²) in [5, 5.41) is 2.34. The van der Waals surface area contributed by atoms with Gasteiger partial charge in [0.05, 0.1) is 13.2 Å². The van der Waals surface area contributed by atoms with Crippen molar-refractivity contribution >= 4 is 6.09 Å². The molecule has 0 aromatic rings. The largest absolute Gasteiger partial charge is 0.441 e. The van der Waals surface area contributed by atoms with Gasteiger partial charge in [0.15, 0.2) is 6.10 Å². The Morgan fingerprint density at radius 1 is 1.55 bits per heavy atom. The van der Waals surface area contributed by atoms with Crippen LogP contribution in [0, 0.1) is 0 Å². The fourth-order valence-corrected chi connectivity index (χ4v) is 0.744. The summed E-state index contributed by atoms with van der Waals surface area (Å²) in [5.74, 6) is 0. The monoisotopic (exact) mass is 161 g/mol. The van der Waals surface area contributed by atoms with Crippen molar-refractivity contribution in [2.75, 3.05) is 27.1 Å². The Hall–Kier alpha value is -0.810. The quantitative estimate of drug-likeness (QED) is 0.574. The highest BCUT2D eigenvalue weighted by Gasteiger charge is 2.17. The molecule has 1 saturated heterocycles. The van der Waals surface area contributed by atoms with Crippen molar-refractivity contribution in [3.63, 3.8) is 0 Å². The molecular formula is C6H11NO4. The van der Waals surface area contributed by atoms with Gasteiger partial charge in [0.25, 0.3) is 0 Å². The second-order valence-electron chi connectivity index (χ2n) is 2.14. The molecule has 0 aromatic heterocycles. The first kappa shape index (κ1) is 8.29. The maximum atomic E-state index is 10.6. The third kappa shape index (κ3) is 2.73. The van der Waals surface area contributed by atoms with Crippen LogP contribution in [0.2, 0.25) is 0 Å². The zero-order valence-corrected chi connectivity index (χ0v) is 6.33. The van der Waals surface area contributed by atoms with Gasteiger partial charge in [-0.3, -0.25) is 0 Å². The SMILES string of the molecule is CNC(=O)OC1COCOC1. The highest BCUT2D eigenvalue weighted by atomic mass is 16.7. The van der Waals surface area contributed by atoms with Gasteiger partial charge in [0.2, 0.25) is 0 Å². The van der Waals surface area contributed by atoms with Gasteiger partial charge in [-0.25, -0.2) is 4.79 Å². The summed E-state index contributed by atoms with van der Waals surface area (Å²) in [4.78, 5) is 10.6. The summed E-state index contributed by atoms with van der Waals surface area (Å²) in [6, 6.07) is 0. The highest BCUT2D eigenvalue weighted by molar-refractivity contribution is 5.66. The van der Waals surface area contributed by atoms with Crippen molar-refractivity contribution in [1.29, 1.82) is 0 Å². The number of ether oxygens (including phenoxy) is 3. The Bertz CT molecular complexity index is 133. The van der Waals surface area contributed by atoms with E-state index in [0.29, 0.717) is 13.2 Å². The number of rotatable bonds is 1. The van der Waals surface area contributed by atoms with Gasteiger partial charge in [-0.15, -0.1) is 0 Å². The molecular weight excluding hydrogens is 150 g/mol. The van der Waals surface area contributed by atoms with E-state index >= 15 is 0 Å². The standard InChI is InChI=1S/C6H11NO4/c1-7-6(8)11-5-2-9-4-10-3-5/h5H,2-4H2,1H3,(H,7,8). The topological polar surface area (TPSA) is 56.8 Å². The number of hydrogen-bond acceptors (Lipinski definition) is 4. The summed E-state index contributed by atoms with van der Waals surface area (Å²) in [6.07, 6.45) is -0.729. The average Bonchev–Trinajstić information content (AvgIpc) is 2.06. The van der Waals surface area contributed by atoms with E-state index < -0.39 is 6.09 Å². The number of carbonyl (C=O) groups excluding carboxylic acids is 1. The van der Waals surface area contributed by atoms with Crippen molar-refractivity contribution in [3.8, 4) is 0 Å². The molecule has 11 heavy (non-hydrogen) atoms. The molecule has 1 N–H and O–H groups in total. The van der Waals surface area contributed by atoms with Crippen LogP contribution in [0.5, 0.6) is 0 Å². The molecule has 1 rings (SSSR count). The number of nitrogens with one attached hydrogen (secondary N) is 1. The molecule has 0 saturated carbocycles. The zero-order valence-electron chi connectivity index (χ0n) is 6.33. The Kier molecular flexibility index (Phi) is 3.13. The van der Waals surface area contributed by atoms with Crippen LogP contribution in [0.15, 0.2) is 0 Å². The minimum Gasteiger partial charge on any atom is -0.441 e. The predicted octanol–water partition coefficient (Wildman–Crippen LogP) is -0.285. The molecule has 1 heterocycles. The lowest BCUT2D eigenvalue weighted by molar-refractivity contribution is -0.151. The summed E-state index contributed by atoms with van der Waals surface area (Å²) >= 11 is 0. The third-order valence-electron chi connectivity index (χ3n) is 1.25. The second kappa shape index (κ2) is 4.15. The van der Waals surface area contributed by atoms with E-state index in [-0.39, 0.29) is 12.9 Å². The van der Waals surface area contributed by atoms with Crippen LogP contribution in [-0.2, 0) is 14.2 Å². The van der Waals surface area contributed by atoms with E-state index in [9.17, 15) is 4.79 Å². The number of amides is 1. The molecule has 1 fully saturated rings. The van der Waals surface area contributed by atoms with Gasteiger partial charge in [0, 0.05) is 7.05 Å². The molecule has 0 atom stereocenters. The van der Waals surface area contributed by atoms with Crippen LogP contribution in [-0.4, -0.2) is 39.3 Å². The van der Waals surface area contributed by atoms with E-state index in [1.807, 2.05) is 0 Å². The fraction of sp³-hybridized carbons (Fsp3) is 0.833. The smallest absolute Gasteiger partial charge is 0.407 e. The Morgan fingerprint density at radius 2 is 2.18 bits per heavy atom. The molecule has 64 valence electrons. The van der Waals surface area contributed by atoms with E-state index in [2.05, 4.69) is 5.32 Å². The molecule has 0 aliphatic carbocycles. The van der Waals surface area contributed by atoms with Gasteiger partial charge in [-0.1, -0.05) is 0 Å². The van der Waals surface area contributed by atoms with Gasteiger partial charge in [-0.05, 0) is 0 Å². The molecule has 0 aromatic carbocycles. The maximum Gasteiger partial charge on any atom is 0.407 e. The van der Waals surface area contributed by atoms with Gasteiger partial charge < -0.3 is 19.5 Å².